The molecule has 4 rings (SSSR count). The van der Waals surface area contributed by atoms with Gasteiger partial charge in [-0.3, -0.25) is 9.69 Å². The molecule has 31 heavy (non-hydrogen) atoms. The zero-order valence-electron chi connectivity index (χ0n) is 18.4. The van der Waals surface area contributed by atoms with E-state index in [0.717, 1.165) is 67.8 Å². The molecule has 1 N–H and O–H groups in total. The van der Waals surface area contributed by atoms with Crippen LogP contribution in [-0.4, -0.2) is 58.8 Å². The topological polar surface area (TPSA) is 78.5 Å². The fourth-order valence-corrected chi connectivity index (χ4v) is 5.30. The second-order valence-corrected chi connectivity index (χ2v) is 8.78. The number of carbonyl (C=O) groups is 1. The third-order valence-corrected chi connectivity index (χ3v) is 6.88. The molecule has 3 atom stereocenters. The summed E-state index contributed by atoms with van der Waals surface area (Å²) in [4.78, 5) is 15.5. The molecule has 1 aromatic carbocycles. The summed E-state index contributed by atoms with van der Waals surface area (Å²) in [6.07, 6.45) is 5.34. The minimum absolute atomic E-state index is 0.119. The van der Waals surface area contributed by atoms with Crippen LogP contribution in [0.4, 0.5) is 0 Å². The minimum atomic E-state index is -0.299. The maximum absolute atomic E-state index is 13.3. The second-order valence-electron chi connectivity index (χ2n) is 8.78. The summed E-state index contributed by atoms with van der Waals surface area (Å²) in [5.41, 5.74) is 4.38. The molecule has 0 amide bonds. The fraction of sp³-hybridized carbons (Fsp3) is 0.520. The lowest BCUT2D eigenvalue weighted by Crippen LogP contribution is -2.36. The number of benzene rings is 1. The third-order valence-electron chi connectivity index (χ3n) is 6.88. The van der Waals surface area contributed by atoms with E-state index in [9.17, 15) is 9.90 Å². The molecule has 2 aliphatic rings. The average molecular weight is 422 g/mol. The summed E-state index contributed by atoms with van der Waals surface area (Å²) in [5, 5.41) is 19.3. The molecule has 2 saturated heterocycles. The second kappa shape index (κ2) is 9.35. The molecular formula is C25H31N3O3. The van der Waals surface area contributed by atoms with Crippen LogP contribution in [0.2, 0.25) is 0 Å². The van der Waals surface area contributed by atoms with E-state index >= 15 is 0 Å². The van der Waals surface area contributed by atoms with Crippen molar-refractivity contribution < 1.29 is 14.6 Å². The highest BCUT2D eigenvalue weighted by Gasteiger charge is 2.46. The van der Waals surface area contributed by atoms with Gasteiger partial charge < -0.3 is 14.4 Å². The van der Waals surface area contributed by atoms with Gasteiger partial charge in [-0.25, -0.2) is 0 Å². The van der Waals surface area contributed by atoms with Crippen LogP contribution >= 0.6 is 0 Å². The Hall–Kier alpha value is -2.46. The summed E-state index contributed by atoms with van der Waals surface area (Å²) in [7, 11) is 1.71. The van der Waals surface area contributed by atoms with Crippen LogP contribution < -0.4 is 0 Å². The predicted molar refractivity (Wildman–Crippen MR) is 119 cm³/mol. The summed E-state index contributed by atoms with van der Waals surface area (Å²) in [5.74, 6) is 0.119. The Morgan fingerprint density at radius 2 is 2.03 bits per heavy atom. The first kappa shape index (κ1) is 21.8. The van der Waals surface area contributed by atoms with E-state index in [1.807, 2.05) is 37.3 Å². The monoisotopic (exact) mass is 421 g/mol. The predicted octanol–water partition coefficient (Wildman–Crippen LogP) is 3.41. The van der Waals surface area contributed by atoms with Gasteiger partial charge in [-0.2, -0.15) is 5.26 Å². The van der Waals surface area contributed by atoms with E-state index in [1.165, 1.54) is 0 Å². The number of aromatic nitrogens is 1. The summed E-state index contributed by atoms with van der Waals surface area (Å²) >= 11 is 0. The van der Waals surface area contributed by atoms with E-state index < -0.39 is 0 Å². The van der Waals surface area contributed by atoms with Crippen molar-refractivity contribution in [3.8, 4) is 11.8 Å². The normalized spacial score (nSPS) is 22.7. The van der Waals surface area contributed by atoms with Crippen molar-refractivity contribution in [1.82, 2.24) is 9.47 Å². The van der Waals surface area contributed by atoms with Gasteiger partial charge in [0.25, 0.3) is 0 Å². The number of aliphatic hydroxyl groups is 1. The highest BCUT2D eigenvalue weighted by Crippen LogP contribution is 2.37. The standard InChI is InChI=1S/C25H31N3O3/c1-17-22(25(30)16-27-20-10-11-23(27)24(29)14-20)13-21(5-3-4-12-31-2)28(17)19-8-6-18(15-26)7-9-19/h6-9,13,20,23-24,29H,3-5,10-12,14,16H2,1-2H3/t20?,23?,24-/m0/s1. The molecule has 3 heterocycles. The van der Waals surface area contributed by atoms with Gasteiger partial charge in [0.2, 0.25) is 0 Å². The molecule has 0 aliphatic carbocycles. The number of nitriles is 1. The molecule has 1 aromatic heterocycles. The Labute approximate surface area is 184 Å². The van der Waals surface area contributed by atoms with Crippen molar-refractivity contribution in [3.05, 3.63) is 52.8 Å². The molecule has 6 nitrogen and oxygen atoms in total. The number of Topliss-reactive ketones (excluding diaryl/α,β-unsaturated/α-hetero) is 1. The molecule has 2 aromatic rings. The zero-order chi connectivity index (χ0) is 22.0. The van der Waals surface area contributed by atoms with E-state index in [-0.39, 0.29) is 17.9 Å². The van der Waals surface area contributed by atoms with Crippen molar-refractivity contribution >= 4 is 5.78 Å². The quantitative estimate of drug-likeness (QED) is 0.496. The van der Waals surface area contributed by atoms with Crippen LogP contribution in [0, 0.1) is 18.3 Å². The van der Waals surface area contributed by atoms with E-state index in [0.29, 0.717) is 18.2 Å². The van der Waals surface area contributed by atoms with Crippen molar-refractivity contribution in [2.45, 2.75) is 63.6 Å². The summed E-state index contributed by atoms with van der Waals surface area (Å²) in [6, 6.07) is 12.2. The number of rotatable bonds is 9. The molecule has 6 heteroatoms. The molecule has 164 valence electrons. The van der Waals surface area contributed by atoms with E-state index in [2.05, 4.69) is 15.5 Å². The van der Waals surface area contributed by atoms with Crippen LogP contribution in [0.15, 0.2) is 30.3 Å². The van der Waals surface area contributed by atoms with Crippen molar-refractivity contribution in [2.75, 3.05) is 20.3 Å². The van der Waals surface area contributed by atoms with Gasteiger partial charge in [0, 0.05) is 48.4 Å². The molecule has 0 spiro atoms. The largest absolute Gasteiger partial charge is 0.391 e. The molecule has 2 fully saturated rings. The maximum atomic E-state index is 13.3. The van der Waals surface area contributed by atoms with Crippen LogP contribution in [0.1, 0.15) is 59.4 Å². The van der Waals surface area contributed by atoms with Gasteiger partial charge in [0.05, 0.1) is 24.3 Å². The number of aliphatic hydroxyl groups excluding tert-OH is 1. The lowest BCUT2D eigenvalue weighted by molar-refractivity contribution is 0.0873. The first-order chi connectivity index (χ1) is 15.0. The fourth-order valence-electron chi connectivity index (χ4n) is 5.30. The molecule has 0 saturated carbocycles. The Morgan fingerprint density at radius 1 is 1.26 bits per heavy atom. The third kappa shape index (κ3) is 4.31. The number of fused-ring (bicyclic) bond motifs is 2. The molecule has 2 bridgehead atoms. The number of hydrogen-bond donors (Lipinski definition) is 1. The lowest BCUT2D eigenvalue weighted by Gasteiger charge is -2.21. The Bertz CT molecular complexity index is 973. The van der Waals surface area contributed by atoms with E-state index in [4.69, 9.17) is 10.00 Å². The van der Waals surface area contributed by atoms with Crippen molar-refractivity contribution in [3.63, 3.8) is 0 Å². The van der Waals surface area contributed by atoms with Crippen LogP contribution in [-0.2, 0) is 11.2 Å². The highest BCUT2D eigenvalue weighted by atomic mass is 16.5. The lowest BCUT2D eigenvalue weighted by atomic mass is 9.98. The summed E-state index contributed by atoms with van der Waals surface area (Å²) < 4.78 is 7.33. The van der Waals surface area contributed by atoms with Crippen LogP contribution in [0.5, 0.6) is 0 Å². The minimum Gasteiger partial charge on any atom is -0.391 e. The number of unbranched alkanes of at least 4 members (excludes halogenated alkanes) is 1. The number of hydrogen-bond acceptors (Lipinski definition) is 5. The van der Waals surface area contributed by atoms with Gasteiger partial charge >= 0.3 is 0 Å². The number of ether oxygens (including phenoxy) is 1. The molecule has 2 aliphatic heterocycles. The molecular weight excluding hydrogens is 390 g/mol. The molecule has 2 unspecified atom stereocenters. The maximum Gasteiger partial charge on any atom is 0.178 e. The van der Waals surface area contributed by atoms with Gasteiger partial charge in [-0.05, 0) is 75.8 Å². The van der Waals surface area contributed by atoms with Gasteiger partial charge in [0.1, 0.15) is 0 Å². The Kier molecular flexibility index (Phi) is 6.57. The van der Waals surface area contributed by atoms with Crippen LogP contribution in [0.3, 0.4) is 0 Å². The number of ketones is 1. The summed E-state index contributed by atoms with van der Waals surface area (Å²) in [6.45, 7) is 3.09. The Balaban J connectivity index is 1.60. The Morgan fingerprint density at radius 3 is 2.65 bits per heavy atom. The number of nitrogens with zero attached hydrogens (tertiary/aromatic N) is 3. The number of carbonyl (C=O) groups excluding carboxylic acids is 1. The van der Waals surface area contributed by atoms with Gasteiger partial charge in [0.15, 0.2) is 5.78 Å². The van der Waals surface area contributed by atoms with Crippen molar-refractivity contribution in [1.29, 1.82) is 5.26 Å². The van der Waals surface area contributed by atoms with Crippen molar-refractivity contribution in [2.24, 2.45) is 0 Å². The smallest absolute Gasteiger partial charge is 0.178 e. The van der Waals surface area contributed by atoms with E-state index in [1.54, 1.807) is 7.11 Å². The highest BCUT2D eigenvalue weighted by molar-refractivity contribution is 5.99. The molecule has 0 radical (unpaired) electrons. The SMILES string of the molecule is COCCCCc1cc(C(=O)CN2C3CCC2[C@@H](O)C3)c(C)n1-c1ccc(C#N)cc1. The zero-order valence-corrected chi connectivity index (χ0v) is 18.4. The van der Waals surface area contributed by atoms with Gasteiger partial charge in [-0.15, -0.1) is 0 Å². The first-order valence-electron chi connectivity index (χ1n) is 11.2. The number of aryl methyl sites for hydroxylation is 1. The van der Waals surface area contributed by atoms with Gasteiger partial charge in [-0.1, -0.05) is 0 Å². The van der Waals surface area contributed by atoms with Crippen LogP contribution in [0.25, 0.3) is 5.69 Å². The first-order valence-corrected chi connectivity index (χ1v) is 11.2. The number of methoxy groups -OCH3 is 1. The average Bonchev–Trinajstić information content (AvgIpc) is 3.41.